The van der Waals surface area contributed by atoms with E-state index < -0.39 is 0 Å². The molecule has 21 heavy (non-hydrogen) atoms. The van der Waals surface area contributed by atoms with Crippen molar-refractivity contribution in [2.45, 2.75) is 25.4 Å². The largest absolute Gasteiger partial charge is 0.486 e. The Morgan fingerprint density at radius 3 is 2.95 bits per heavy atom. The second kappa shape index (κ2) is 7.33. The highest BCUT2D eigenvalue weighted by Gasteiger charge is 2.22. The highest BCUT2D eigenvalue weighted by atomic mass is 79.9. The summed E-state index contributed by atoms with van der Waals surface area (Å²) in [6, 6.07) is 3.83. The van der Waals surface area contributed by atoms with Gasteiger partial charge in [-0.2, -0.15) is 0 Å². The maximum absolute atomic E-state index is 12.0. The third kappa shape index (κ3) is 3.81. The van der Waals surface area contributed by atoms with Crippen LogP contribution in [0, 0.1) is 0 Å². The van der Waals surface area contributed by atoms with Crippen molar-refractivity contribution in [3.8, 4) is 11.5 Å². The first kappa shape index (κ1) is 16.4. The van der Waals surface area contributed by atoms with Crippen LogP contribution in [0.15, 0.2) is 16.6 Å². The summed E-state index contributed by atoms with van der Waals surface area (Å²) in [6.45, 7) is 2.54. The van der Waals surface area contributed by atoms with Gasteiger partial charge in [-0.05, 0) is 53.0 Å². The Hall–Kier alpha value is -0.980. The molecule has 1 fully saturated rings. The van der Waals surface area contributed by atoms with Crippen LogP contribution in [0.4, 0.5) is 0 Å². The average Bonchev–Trinajstić information content (AvgIpc) is 2.99. The van der Waals surface area contributed by atoms with Crippen molar-refractivity contribution < 1.29 is 14.3 Å². The van der Waals surface area contributed by atoms with Crippen LogP contribution in [0.3, 0.4) is 0 Å². The fraction of sp³-hybridized carbons (Fsp3) is 0.500. The molecule has 1 aromatic carbocycles. The van der Waals surface area contributed by atoms with Gasteiger partial charge in [0.05, 0.1) is 10.5 Å². The summed E-state index contributed by atoms with van der Waals surface area (Å²) < 4.78 is 12.0. The zero-order valence-corrected chi connectivity index (χ0v) is 13.9. The summed E-state index contributed by atoms with van der Waals surface area (Å²) in [5, 5.41) is 6.14. The monoisotopic (exact) mass is 376 g/mol. The Bertz CT molecular complexity index is 521. The lowest BCUT2D eigenvalue weighted by atomic mass is 10.1. The maximum Gasteiger partial charge on any atom is 0.237 e. The van der Waals surface area contributed by atoms with E-state index in [9.17, 15) is 4.79 Å². The number of hydrogen-bond acceptors (Lipinski definition) is 4. The predicted molar refractivity (Wildman–Crippen MR) is 85.3 cm³/mol. The molecule has 7 heteroatoms. The van der Waals surface area contributed by atoms with E-state index in [4.69, 9.17) is 9.47 Å². The summed E-state index contributed by atoms with van der Waals surface area (Å²) in [7, 11) is 0. The van der Waals surface area contributed by atoms with E-state index in [1.54, 1.807) is 0 Å². The summed E-state index contributed by atoms with van der Waals surface area (Å²) in [6.07, 6.45) is 1.98. The van der Waals surface area contributed by atoms with Gasteiger partial charge in [0.1, 0.15) is 13.2 Å². The molecule has 2 N–H and O–H groups in total. The fourth-order valence-corrected chi connectivity index (χ4v) is 3.09. The van der Waals surface area contributed by atoms with Crippen molar-refractivity contribution in [2.24, 2.45) is 0 Å². The minimum Gasteiger partial charge on any atom is -0.486 e. The van der Waals surface area contributed by atoms with Crippen molar-refractivity contribution in [3.05, 3.63) is 22.2 Å². The Labute approximate surface area is 138 Å². The maximum atomic E-state index is 12.0. The molecule has 0 saturated carbocycles. The third-order valence-electron chi connectivity index (χ3n) is 3.50. The van der Waals surface area contributed by atoms with E-state index in [0.717, 1.165) is 40.9 Å². The van der Waals surface area contributed by atoms with Crippen LogP contribution in [0.5, 0.6) is 11.5 Å². The Morgan fingerprint density at radius 2 is 2.19 bits per heavy atom. The van der Waals surface area contributed by atoms with Gasteiger partial charge < -0.3 is 20.1 Å². The zero-order chi connectivity index (χ0) is 13.9. The van der Waals surface area contributed by atoms with Crippen molar-refractivity contribution in [2.75, 3.05) is 19.8 Å². The number of nitrogens with one attached hydrogen (secondary N) is 2. The molecule has 1 amide bonds. The number of ether oxygens (including phenoxy) is 2. The van der Waals surface area contributed by atoms with E-state index in [1.165, 1.54) is 0 Å². The van der Waals surface area contributed by atoms with Crippen LogP contribution in [-0.4, -0.2) is 31.7 Å². The first-order chi connectivity index (χ1) is 9.74. The number of halogens is 2. The van der Waals surface area contributed by atoms with Gasteiger partial charge in [-0.3, -0.25) is 4.79 Å². The summed E-state index contributed by atoms with van der Waals surface area (Å²) in [5.41, 5.74) is 0.993. The summed E-state index contributed by atoms with van der Waals surface area (Å²) >= 11 is 3.48. The molecule has 5 nitrogen and oxygen atoms in total. The molecule has 2 heterocycles. The minimum atomic E-state index is -0.0457. The van der Waals surface area contributed by atoms with Gasteiger partial charge in [0, 0.05) is 6.54 Å². The van der Waals surface area contributed by atoms with Gasteiger partial charge in [-0.1, -0.05) is 0 Å². The van der Waals surface area contributed by atoms with Gasteiger partial charge in [0.25, 0.3) is 0 Å². The molecule has 0 aromatic heterocycles. The van der Waals surface area contributed by atoms with Crippen LogP contribution in [-0.2, 0) is 11.3 Å². The van der Waals surface area contributed by atoms with Crippen LogP contribution < -0.4 is 20.1 Å². The van der Waals surface area contributed by atoms with Crippen LogP contribution >= 0.6 is 28.3 Å². The number of fused-ring (bicyclic) bond motifs is 1. The van der Waals surface area contributed by atoms with Crippen molar-refractivity contribution in [1.29, 1.82) is 0 Å². The molecule has 1 aromatic rings. The number of benzene rings is 1. The first-order valence-corrected chi connectivity index (χ1v) is 7.62. The molecule has 1 atom stereocenters. The number of amides is 1. The van der Waals surface area contributed by atoms with Crippen molar-refractivity contribution >= 4 is 34.2 Å². The number of carbonyl (C=O) groups excluding carboxylic acids is 1. The highest BCUT2D eigenvalue weighted by Crippen LogP contribution is 2.38. The third-order valence-corrected chi connectivity index (χ3v) is 4.09. The van der Waals surface area contributed by atoms with Crippen LogP contribution in [0.2, 0.25) is 0 Å². The molecule has 0 aliphatic carbocycles. The normalized spacial score (nSPS) is 19.8. The number of hydrogen-bond donors (Lipinski definition) is 2. The Kier molecular flexibility index (Phi) is 5.72. The number of carbonyl (C=O) groups is 1. The van der Waals surface area contributed by atoms with Gasteiger partial charge in [0.2, 0.25) is 5.91 Å². The lowest BCUT2D eigenvalue weighted by molar-refractivity contribution is -0.122. The summed E-state index contributed by atoms with van der Waals surface area (Å²) in [4.78, 5) is 12.0. The molecule has 1 saturated heterocycles. The van der Waals surface area contributed by atoms with E-state index in [0.29, 0.717) is 19.8 Å². The molecule has 0 spiro atoms. The standard InChI is InChI=1S/C14H17BrN2O3.ClH/c15-10-6-9(7-12-13(10)20-5-4-19-12)8-17-14(18)11-2-1-3-16-11;/h6-7,11,16H,1-5,8H2,(H,17,18);1H. The Balaban J connectivity index is 0.00000161. The van der Waals surface area contributed by atoms with Crippen LogP contribution in [0.25, 0.3) is 0 Å². The molecule has 3 rings (SSSR count). The van der Waals surface area contributed by atoms with Gasteiger partial charge in [-0.25, -0.2) is 0 Å². The average molecular weight is 378 g/mol. The van der Waals surface area contributed by atoms with Crippen LogP contribution in [0.1, 0.15) is 18.4 Å². The van der Waals surface area contributed by atoms with Crippen molar-refractivity contribution in [1.82, 2.24) is 10.6 Å². The first-order valence-electron chi connectivity index (χ1n) is 6.83. The van der Waals surface area contributed by atoms with Gasteiger partial charge in [0.15, 0.2) is 11.5 Å². The lowest BCUT2D eigenvalue weighted by Crippen LogP contribution is -2.40. The van der Waals surface area contributed by atoms with E-state index in [-0.39, 0.29) is 24.4 Å². The lowest BCUT2D eigenvalue weighted by Gasteiger charge is -2.20. The molecule has 2 aliphatic heterocycles. The molecule has 1 unspecified atom stereocenters. The molecule has 2 aliphatic rings. The summed E-state index contributed by atoms with van der Waals surface area (Å²) in [5.74, 6) is 1.53. The highest BCUT2D eigenvalue weighted by molar-refractivity contribution is 9.10. The molecular weight excluding hydrogens is 360 g/mol. The fourth-order valence-electron chi connectivity index (χ4n) is 2.49. The van der Waals surface area contributed by atoms with E-state index >= 15 is 0 Å². The number of rotatable bonds is 3. The van der Waals surface area contributed by atoms with Gasteiger partial charge >= 0.3 is 0 Å². The quantitative estimate of drug-likeness (QED) is 0.846. The molecule has 116 valence electrons. The predicted octanol–water partition coefficient (Wildman–Crippen LogP) is 2.01. The van der Waals surface area contributed by atoms with E-state index in [2.05, 4.69) is 26.6 Å². The van der Waals surface area contributed by atoms with Crippen molar-refractivity contribution in [3.63, 3.8) is 0 Å². The van der Waals surface area contributed by atoms with E-state index in [1.807, 2.05) is 12.1 Å². The molecule has 0 bridgehead atoms. The minimum absolute atomic E-state index is 0. The molecule has 0 radical (unpaired) electrons. The second-order valence-corrected chi connectivity index (χ2v) is 5.82. The second-order valence-electron chi connectivity index (χ2n) is 4.97. The van der Waals surface area contributed by atoms with Gasteiger partial charge in [-0.15, -0.1) is 12.4 Å². The topological polar surface area (TPSA) is 59.6 Å². The molecular formula is C14H18BrClN2O3. The smallest absolute Gasteiger partial charge is 0.237 e. The zero-order valence-electron chi connectivity index (χ0n) is 11.5. The Morgan fingerprint density at radius 1 is 1.38 bits per heavy atom. The SMILES string of the molecule is Cl.O=C(NCc1cc(Br)c2c(c1)OCCO2)C1CCCN1.